The molecule has 0 aromatic heterocycles. The lowest BCUT2D eigenvalue weighted by Gasteiger charge is -2.28. The first kappa shape index (κ1) is 15.2. The summed E-state index contributed by atoms with van der Waals surface area (Å²) in [5, 5.41) is 5.35. The molecule has 24 heavy (non-hydrogen) atoms. The number of carbonyl (C=O) groups excluding carboxylic acids is 1. The van der Waals surface area contributed by atoms with Crippen LogP contribution in [-0.2, 0) is 4.79 Å². The average molecular weight is 382 g/mol. The van der Waals surface area contributed by atoms with E-state index >= 15 is 0 Å². The highest BCUT2D eigenvalue weighted by molar-refractivity contribution is 9.10. The number of nitrogens with one attached hydrogen (secondary N) is 1. The van der Waals surface area contributed by atoms with Crippen LogP contribution in [0.5, 0.6) is 5.75 Å². The number of benzene rings is 3. The minimum atomic E-state index is -0.0349. The van der Waals surface area contributed by atoms with Crippen molar-refractivity contribution in [1.82, 2.24) is 0 Å². The van der Waals surface area contributed by atoms with Gasteiger partial charge in [-0.2, -0.15) is 0 Å². The number of anilines is 1. The Morgan fingerprint density at radius 2 is 1.96 bits per heavy atom. The van der Waals surface area contributed by atoms with E-state index in [1.807, 2.05) is 36.4 Å². The molecule has 4 rings (SSSR count). The molecule has 0 saturated carbocycles. The van der Waals surface area contributed by atoms with Crippen LogP contribution in [0.15, 0.2) is 59.1 Å². The van der Waals surface area contributed by atoms with E-state index in [-0.39, 0.29) is 11.8 Å². The Bertz CT molecular complexity index is 952. The van der Waals surface area contributed by atoms with Gasteiger partial charge in [-0.15, -0.1) is 0 Å². The van der Waals surface area contributed by atoms with Crippen molar-refractivity contribution < 1.29 is 9.53 Å². The second kappa shape index (κ2) is 5.95. The van der Waals surface area contributed by atoms with Gasteiger partial charge in [0.05, 0.1) is 7.11 Å². The van der Waals surface area contributed by atoms with Crippen molar-refractivity contribution >= 4 is 38.3 Å². The Hall–Kier alpha value is -2.33. The number of hydrogen-bond donors (Lipinski definition) is 1. The van der Waals surface area contributed by atoms with Crippen LogP contribution in [-0.4, -0.2) is 13.0 Å². The van der Waals surface area contributed by atoms with Crippen LogP contribution in [0.1, 0.15) is 23.5 Å². The highest BCUT2D eigenvalue weighted by atomic mass is 79.9. The van der Waals surface area contributed by atoms with Gasteiger partial charge < -0.3 is 10.1 Å². The summed E-state index contributed by atoms with van der Waals surface area (Å²) in [6.45, 7) is 0. The van der Waals surface area contributed by atoms with E-state index in [1.165, 1.54) is 10.8 Å². The molecule has 0 spiro atoms. The van der Waals surface area contributed by atoms with Gasteiger partial charge in [-0.05, 0) is 40.6 Å². The quantitative estimate of drug-likeness (QED) is 0.671. The Morgan fingerprint density at radius 3 is 2.79 bits per heavy atom. The van der Waals surface area contributed by atoms with Crippen molar-refractivity contribution in [3.8, 4) is 5.75 Å². The van der Waals surface area contributed by atoms with E-state index in [0.29, 0.717) is 6.42 Å². The third-order valence-corrected chi connectivity index (χ3v) is 5.04. The lowest BCUT2D eigenvalue weighted by Crippen LogP contribution is -2.24. The van der Waals surface area contributed by atoms with E-state index < -0.39 is 0 Å². The predicted octanol–water partition coefficient (Wildman–Crippen LogP) is 5.09. The number of methoxy groups -OCH3 is 1. The summed E-state index contributed by atoms with van der Waals surface area (Å²) in [5.74, 6) is 0.800. The standard InChI is InChI=1S/C20H16BrNO2/c1-24-18-9-7-13(21)10-15(18)16-11-19(23)22-17-8-6-12-4-2-3-5-14(12)20(16)17/h2-10,16H,11H2,1H3,(H,22,23). The number of fused-ring (bicyclic) bond motifs is 3. The molecule has 3 nitrogen and oxygen atoms in total. The van der Waals surface area contributed by atoms with Crippen LogP contribution in [0.25, 0.3) is 10.8 Å². The fraction of sp³-hybridized carbons (Fsp3) is 0.150. The molecular weight excluding hydrogens is 366 g/mol. The number of carbonyl (C=O) groups is 1. The summed E-state index contributed by atoms with van der Waals surface area (Å²) in [6, 6.07) is 18.3. The number of amides is 1. The minimum absolute atomic E-state index is 0.0322. The summed E-state index contributed by atoms with van der Waals surface area (Å²) < 4.78 is 6.54. The van der Waals surface area contributed by atoms with Crippen LogP contribution in [0.2, 0.25) is 0 Å². The first-order chi connectivity index (χ1) is 11.7. The molecular formula is C20H16BrNO2. The van der Waals surface area contributed by atoms with Gasteiger partial charge in [0.2, 0.25) is 5.91 Å². The topological polar surface area (TPSA) is 38.3 Å². The molecule has 3 aromatic rings. The Kier molecular flexibility index (Phi) is 3.77. The molecule has 1 atom stereocenters. The molecule has 0 bridgehead atoms. The zero-order valence-electron chi connectivity index (χ0n) is 13.2. The lowest BCUT2D eigenvalue weighted by molar-refractivity contribution is -0.116. The molecule has 1 aliphatic rings. The minimum Gasteiger partial charge on any atom is -0.496 e. The van der Waals surface area contributed by atoms with Crippen LogP contribution >= 0.6 is 15.9 Å². The average Bonchev–Trinajstić information content (AvgIpc) is 2.60. The van der Waals surface area contributed by atoms with Gasteiger partial charge >= 0.3 is 0 Å². The van der Waals surface area contributed by atoms with Gasteiger partial charge in [0.15, 0.2) is 0 Å². The highest BCUT2D eigenvalue weighted by Gasteiger charge is 2.30. The number of hydrogen-bond acceptors (Lipinski definition) is 2. The van der Waals surface area contributed by atoms with Crippen molar-refractivity contribution in [2.24, 2.45) is 0 Å². The first-order valence-electron chi connectivity index (χ1n) is 7.82. The summed E-state index contributed by atoms with van der Waals surface area (Å²) >= 11 is 3.54. The fourth-order valence-electron chi connectivity index (χ4n) is 3.51. The van der Waals surface area contributed by atoms with Crippen molar-refractivity contribution in [2.75, 3.05) is 12.4 Å². The molecule has 0 fully saturated rings. The Morgan fingerprint density at radius 1 is 1.12 bits per heavy atom. The maximum absolute atomic E-state index is 12.3. The molecule has 1 heterocycles. The van der Waals surface area contributed by atoms with E-state index in [2.05, 4.69) is 39.4 Å². The molecule has 120 valence electrons. The third kappa shape index (κ3) is 2.47. The number of rotatable bonds is 2. The largest absolute Gasteiger partial charge is 0.496 e. The number of halogens is 1. The van der Waals surface area contributed by atoms with Gasteiger partial charge in [-0.1, -0.05) is 46.3 Å². The maximum atomic E-state index is 12.3. The Balaban J connectivity index is 2.01. The summed E-state index contributed by atoms with van der Waals surface area (Å²) in [6.07, 6.45) is 0.411. The van der Waals surface area contributed by atoms with Crippen LogP contribution < -0.4 is 10.1 Å². The summed E-state index contributed by atoms with van der Waals surface area (Å²) in [7, 11) is 1.67. The van der Waals surface area contributed by atoms with Crippen molar-refractivity contribution in [3.05, 3.63) is 70.2 Å². The van der Waals surface area contributed by atoms with E-state index in [9.17, 15) is 4.79 Å². The molecule has 0 radical (unpaired) electrons. The zero-order chi connectivity index (χ0) is 16.7. The maximum Gasteiger partial charge on any atom is 0.225 e. The van der Waals surface area contributed by atoms with Crippen molar-refractivity contribution in [2.45, 2.75) is 12.3 Å². The van der Waals surface area contributed by atoms with Gasteiger partial charge in [0, 0.05) is 28.1 Å². The smallest absolute Gasteiger partial charge is 0.225 e. The van der Waals surface area contributed by atoms with Gasteiger partial charge in [-0.3, -0.25) is 4.79 Å². The summed E-state index contributed by atoms with van der Waals surface area (Å²) in [5.41, 5.74) is 3.07. The van der Waals surface area contributed by atoms with Crippen LogP contribution in [0, 0.1) is 0 Å². The predicted molar refractivity (Wildman–Crippen MR) is 99.7 cm³/mol. The molecule has 3 aromatic carbocycles. The lowest BCUT2D eigenvalue weighted by atomic mass is 9.81. The molecule has 1 N–H and O–H groups in total. The van der Waals surface area contributed by atoms with Gasteiger partial charge in [0.25, 0.3) is 0 Å². The van der Waals surface area contributed by atoms with Crippen LogP contribution in [0.3, 0.4) is 0 Å². The van der Waals surface area contributed by atoms with E-state index in [0.717, 1.165) is 27.0 Å². The molecule has 1 unspecified atom stereocenters. The fourth-order valence-corrected chi connectivity index (χ4v) is 3.89. The second-order valence-electron chi connectivity index (χ2n) is 5.94. The first-order valence-corrected chi connectivity index (χ1v) is 8.61. The monoisotopic (exact) mass is 381 g/mol. The molecule has 1 aliphatic heterocycles. The molecule has 1 amide bonds. The molecule has 0 aliphatic carbocycles. The van der Waals surface area contributed by atoms with Gasteiger partial charge in [-0.25, -0.2) is 0 Å². The van der Waals surface area contributed by atoms with E-state index in [4.69, 9.17) is 4.74 Å². The molecule has 4 heteroatoms. The van der Waals surface area contributed by atoms with Gasteiger partial charge in [0.1, 0.15) is 5.75 Å². The third-order valence-electron chi connectivity index (χ3n) is 4.55. The number of ether oxygens (including phenoxy) is 1. The second-order valence-corrected chi connectivity index (χ2v) is 6.85. The highest BCUT2D eigenvalue weighted by Crippen LogP contribution is 2.44. The van der Waals surface area contributed by atoms with E-state index in [1.54, 1.807) is 7.11 Å². The van der Waals surface area contributed by atoms with Crippen LogP contribution in [0.4, 0.5) is 5.69 Å². The van der Waals surface area contributed by atoms with Crippen molar-refractivity contribution in [3.63, 3.8) is 0 Å². The zero-order valence-corrected chi connectivity index (χ0v) is 14.8. The normalized spacial score (nSPS) is 16.6. The SMILES string of the molecule is COc1ccc(Br)cc1C1CC(=O)Nc2ccc3ccccc3c21. The summed E-state index contributed by atoms with van der Waals surface area (Å²) in [4.78, 5) is 12.3. The Labute approximate surface area is 148 Å². The molecule has 0 saturated heterocycles. The van der Waals surface area contributed by atoms with Crippen molar-refractivity contribution in [1.29, 1.82) is 0 Å².